The summed E-state index contributed by atoms with van der Waals surface area (Å²) in [6, 6.07) is 11.2. The number of nitrogens with one attached hydrogen (secondary N) is 1. The Kier molecular flexibility index (Phi) is 4.38. The quantitative estimate of drug-likeness (QED) is 0.876. The molecule has 2 aromatic rings. The maximum absolute atomic E-state index is 14.1. The minimum Gasteiger partial charge on any atom is -0.309 e. The van der Waals surface area contributed by atoms with Crippen molar-refractivity contribution in [2.45, 2.75) is 19.9 Å². The van der Waals surface area contributed by atoms with Crippen LogP contribution in [0, 0.1) is 19.7 Å². The molecule has 2 aromatic carbocycles. The highest BCUT2D eigenvalue weighted by atomic mass is 79.9. The monoisotopic (exact) mass is 321 g/mol. The van der Waals surface area contributed by atoms with E-state index < -0.39 is 0 Å². The van der Waals surface area contributed by atoms with Gasteiger partial charge in [-0.05, 0) is 38.6 Å². The van der Waals surface area contributed by atoms with E-state index in [2.05, 4.69) is 53.3 Å². The molecule has 0 fully saturated rings. The number of halogens is 2. The fraction of sp³-hybridized carbons (Fsp3) is 0.250. The van der Waals surface area contributed by atoms with Gasteiger partial charge in [-0.25, -0.2) is 4.39 Å². The highest BCUT2D eigenvalue weighted by Crippen LogP contribution is 2.31. The lowest BCUT2D eigenvalue weighted by Gasteiger charge is -2.20. The van der Waals surface area contributed by atoms with Gasteiger partial charge in [0, 0.05) is 10.0 Å². The van der Waals surface area contributed by atoms with E-state index in [1.54, 1.807) is 6.07 Å². The Balaban J connectivity index is 2.56. The van der Waals surface area contributed by atoms with Gasteiger partial charge in [0.05, 0.1) is 6.04 Å². The summed E-state index contributed by atoms with van der Waals surface area (Å²) in [7, 11) is 1.85. The van der Waals surface area contributed by atoms with E-state index in [4.69, 9.17) is 0 Å². The molecule has 0 aliphatic heterocycles. The second-order valence-electron chi connectivity index (χ2n) is 4.78. The number of aryl methyl sites for hydroxylation is 2. The lowest BCUT2D eigenvalue weighted by molar-refractivity contribution is 0.573. The summed E-state index contributed by atoms with van der Waals surface area (Å²) in [6.45, 7) is 4.11. The maximum Gasteiger partial charge on any atom is 0.129 e. The maximum atomic E-state index is 14.1. The number of benzene rings is 2. The summed E-state index contributed by atoms with van der Waals surface area (Å²) in [6.07, 6.45) is 0. The predicted octanol–water partition coefficient (Wildman–Crippen LogP) is 4.51. The largest absolute Gasteiger partial charge is 0.309 e. The van der Waals surface area contributed by atoms with Crippen molar-refractivity contribution < 1.29 is 4.39 Å². The van der Waals surface area contributed by atoms with E-state index in [-0.39, 0.29) is 11.9 Å². The Hall–Kier alpha value is -1.19. The van der Waals surface area contributed by atoms with E-state index in [0.717, 1.165) is 10.0 Å². The standard InChI is InChI=1S/C16H17BrFN/c1-10-7-11(2)9-12(8-10)16(19-3)15-13(17)5-4-6-14(15)18/h4-9,16,19H,1-3H3. The SMILES string of the molecule is CNC(c1cc(C)cc(C)c1)c1c(F)cccc1Br. The van der Waals surface area contributed by atoms with Crippen molar-refractivity contribution in [2.75, 3.05) is 7.05 Å². The fourth-order valence-corrected chi connectivity index (χ4v) is 3.01. The lowest BCUT2D eigenvalue weighted by Crippen LogP contribution is -2.19. The molecule has 0 saturated heterocycles. The summed E-state index contributed by atoms with van der Waals surface area (Å²) in [5.74, 6) is -0.201. The Bertz CT molecular complexity index is 555. The minimum absolute atomic E-state index is 0.158. The van der Waals surface area contributed by atoms with Crippen molar-refractivity contribution in [3.8, 4) is 0 Å². The molecule has 0 heterocycles. The zero-order valence-electron chi connectivity index (χ0n) is 11.3. The van der Waals surface area contributed by atoms with Crippen LogP contribution >= 0.6 is 15.9 Å². The second kappa shape index (κ2) is 5.85. The van der Waals surface area contributed by atoms with Gasteiger partial charge >= 0.3 is 0 Å². The van der Waals surface area contributed by atoms with Gasteiger partial charge in [-0.2, -0.15) is 0 Å². The molecule has 0 amide bonds. The summed E-state index contributed by atoms with van der Waals surface area (Å²) >= 11 is 3.44. The molecule has 19 heavy (non-hydrogen) atoms. The van der Waals surface area contributed by atoms with Gasteiger partial charge in [0.15, 0.2) is 0 Å². The van der Waals surface area contributed by atoms with Crippen molar-refractivity contribution in [1.82, 2.24) is 5.32 Å². The molecule has 3 heteroatoms. The molecule has 0 spiro atoms. The molecule has 0 aliphatic rings. The Labute approximate surface area is 122 Å². The van der Waals surface area contributed by atoms with E-state index in [1.165, 1.54) is 17.2 Å². The molecule has 2 rings (SSSR count). The third kappa shape index (κ3) is 3.04. The second-order valence-corrected chi connectivity index (χ2v) is 5.63. The number of hydrogen-bond donors (Lipinski definition) is 1. The summed E-state index contributed by atoms with van der Waals surface area (Å²) in [5, 5.41) is 3.20. The van der Waals surface area contributed by atoms with Gasteiger partial charge in [0.2, 0.25) is 0 Å². The molecule has 0 radical (unpaired) electrons. The van der Waals surface area contributed by atoms with E-state index in [0.29, 0.717) is 5.56 Å². The van der Waals surface area contributed by atoms with Crippen LogP contribution in [0.5, 0.6) is 0 Å². The zero-order valence-corrected chi connectivity index (χ0v) is 12.9. The van der Waals surface area contributed by atoms with Crippen LogP contribution in [0.4, 0.5) is 4.39 Å². The first kappa shape index (κ1) is 14.2. The average Bonchev–Trinajstić information content (AvgIpc) is 2.32. The third-order valence-corrected chi connectivity index (χ3v) is 3.85. The van der Waals surface area contributed by atoms with Crippen LogP contribution in [-0.4, -0.2) is 7.05 Å². The van der Waals surface area contributed by atoms with Crippen molar-refractivity contribution in [1.29, 1.82) is 0 Å². The van der Waals surface area contributed by atoms with Gasteiger partial charge in [0.25, 0.3) is 0 Å². The normalized spacial score (nSPS) is 12.5. The molecule has 0 saturated carbocycles. The Morgan fingerprint density at radius 3 is 2.26 bits per heavy atom. The molecule has 1 atom stereocenters. The molecular weight excluding hydrogens is 305 g/mol. The summed E-state index contributed by atoms with van der Waals surface area (Å²) < 4.78 is 14.9. The smallest absolute Gasteiger partial charge is 0.129 e. The van der Waals surface area contributed by atoms with E-state index >= 15 is 0 Å². The topological polar surface area (TPSA) is 12.0 Å². The van der Waals surface area contributed by atoms with Crippen LogP contribution in [-0.2, 0) is 0 Å². The van der Waals surface area contributed by atoms with Crippen molar-refractivity contribution in [2.24, 2.45) is 0 Å². The van der Waals surface area contributed by atoms with E-state index in [9.17, 15) is 4.39 Å². The molecule has 1 unspecified atom stereocenters. The van der Waals surface area contributed by atoms with Crippen LogP contribution < -0.4 is 5.32 Å². The molecule has 100 valence electrons. The molecule has 1 nitrogen and oxygen atoms in total. The molecule has 0 aliphatic carbocycles. The van der Waals surface area contributed by atoms with E-state index in [1.807, 2.05) is 13.1 Å². The van der Waals surface area contributed by atoms with Crippen molar-refractivity contribution in [3.05, 3.63) is 68.9 Å². The summed E-state index contributed by atoms with van der Waals surface area (Å²) in [4.78, 5) is 0. The molecular formula is C16H17BrFN. The van der Waals surface area contributed by atoms with Gasteiger partial charge < -0.3 is 5.32 Å². The van der Waals surface area contributed by atoms with Crippen LogP contribution in [0.3, 0.4) is 0 Å². The van der Waals surface area contributed by atoms with Crippen LogP contribution in [0.25, 0.3) is 0 Å². The van der Waals surface area contributed by atoms with Gasteiger partial charge in [-0.1, -0.05) is 51.3 Å². The third-order valence-electron chi connectivity index (χ3n) is 3.15. The number of hydrogen-bond acceptors (Lipinski definition) is 1. The van der Waals surface area contributed by atoms with Crippen molar-refractivity contribution >= 4 is 15.9 Å². The highest BCUT2D eigenvalue weighted by molar-refractivity contribution is 9.10. The van der Waals surface area contributed by atoms with Gasteiger partial charge in [-0.15, -0.1) is 0 Å². The molecule has 0 aromatic heterocycles. The average molecular weight is 322 g/mol. The minimum atomic E-state index is -0.201. The number of rotatable bonds is 3. The van der Waals surface area contributed by atoms with Crippen molar-refractivity contribution in [3.63, 3.8) is 0 Å². The van der Waals surface area contributed by atoms with Crippen LogP contribution in [0.15, 0.2) is 40.9 Å². The van der Waals surface area contributed by atoms with Crippen LogP contribution in [0.1, 0.15) is 28.3 Å². The van der Waals surface area contributed by atoms with Crippen LogP contribution in [0.2, 0.25) is 0 Å². The fourth-order valence-electron chi connectivity index (χ4n) is 2.44. The first-order valence-electron chi connectivity index (χ1n) is 6.22. The first-order valence-corrected chi connectivity index (χ1v) is 7.01. The highest BCUT2D eigenvalue weighted by Gasteiger charge is 2.19. The predicted molar refractivity (Wildman–Crippen MR) is 80.9 cm³/mol. The lowest BCUT2D eigenvalue weighted by atomic mass is 9.95. The zero-order chi connectivity index (χ0) is 14.0. The Morgan fingerprint density at radius 2 is 1.74 bits per heavy atom. The Morgan fingerprint density at radius 1 is 1.11 bits per heavy atom. The molecule has 1 N–H and O–H groups in total. The molecule has 0 bridgehead atoms. The summed E-state index contributed by atoms with van der Waals surface area (Å²) in [5.41, 5.74) is 4.09. The van der Waals surface area contributed by atoms with Gasteiger partial charge in [-0.3, -0.25) is 0 Å². The first-order chi connectivity index (χ1) is 9.02. The van der Waals surface area contributed by atoms with Gasteiger partial charge in [0.1, 0.15) is 5.82 Å².